The van der Waals surface area contributed by atoms with Gasteiger partial charge in [0.15, 0.2) is 0 Å². The number of esters is 1. The van der Waals surface area contributed by atoms with Crippen LogP contribution in [0.15, 0.2) is 30.3 Å². The Morgan fingerprint density at radius 2 is 1.82 bits per heavy atom. The van der Waals surface area contributed by atoms with Gasteiger partial charge in [0.2, 0.25) is 0 Å². The summed E-state index contributed by atoms with van der Waals surface area (Å²) in [6, 6.07) is 9.30. The van der Waals surface area contributed by atoms with Crippen LogP contribution in [-0.4, -0.2) is 18.4 Å². The minimum absolute atomic E-state index is 0.0758. The predicted molar refractivity (Wildman–Crippen MR) is 65.7 cm³/mol. The molecular formula is C14H18O3. The summed E-state index contributed by atoms with van der Waals surface area (Å²) in [6.07, 6.45) is 0.669. The van der Waals surface area contributed by atoms with Crippen LogP contribution < -0.4 is 0 Å². The summed E-state index contributed by atoms with van der Waals surface area (Å²) in [4.78, 5) is 23.3. The molecule has 3 nitrogen and oxygen atoms in total. The molecule has 1 aromatic carbocycles. The zero-order chi connectivity index (χ0) is 12.7. The molecule has 1 rings (SSSR count). The minimum Gasteiger partial charge on any atom is -0.466 e. The number of hydrogen-bond acceptors (Lipinski definition) is 3. The van der Waals surface area contributed by atoms with Crippen LogP contribution in [0.4, 0.5) is 0 Å². The van der Waals surface area contributed by atoms with Gasteiger partial charge in [-0.3, -0.25) is 9.59 Å². The fourth-order valence-electron chi connectivity index (χ4n) is 1.64. The van der Waals surface area contributed by atoms with Gasteiger partial charge in [-0.15, -0.1) is 0 Å². The maximum absolute atomic E-state index is 11.8. The molecule has 0 aliphatic rings. The topological polar surface area (TPSA) is 43.4 Å². The Labute approximate surface area is 102 Å². The third-order valence-electron chi connectivity index (χ3n) is 2.60. The predicted octanol–water partition coefficient (Wildman–Crippen LogP) is 2.70. The molecule has 1 atom stereocenters. The van der Waals surface area contributed by atoms with Crippen LogP contribution in [0.25, 0.3) is 0 Å². The number of benzene rings is 1. The Balaban J connectivity index is 2.86. The Kier molecular flexibility index (Phi) is 5.40. The first-order valence-electron chi connectivity index (χ1n) is 5.92. The summed E-state index contributed by atoms with van der Waals surface area (Å²) in [5, 5.41) is 0. The molecule has 0 saturated carbocycles. The molecule has 0 spiro atoms. The number of rotatable bonds is 6. The van der Waals surface area contributed by atoms with Gasteiger partial charge in [0, 0.05) is 12.8 Å². The minimum atomic E-state index is -0.469. The first kappa shape index (κ1) is 13.4. The number of Topliss-reactive ketones (excluding diaryl/α,β-unsaturated/α-hetero) is 1. The van der Waals surface area contributed by atoms with E-state index in [9.17, 15) is 9.59 Å². The van der Waals surface area contributed by atoms with Gasteiger partial charge in [-0.1, -0.05) is 37.3 Å². The summed E-state index contributed by atoms with van der Waals surface area (Å²) < 4.78 is 5.01. The van der Waals surface area contributed by atoms with Crippen molar-refractivity contribution in [1.82, 2.24) is 0 Å². The summed E-state index contributed by atoms with van der Waals surface area (Å²) in [5.74, 6) is -0.712. The van der Waals surface area contributed by atoms with Gasteiger partial charge in [-0.05, 0) is 12.5 Å². The lowest BCUT2D eigenvalue weighted by Crippen LogP contribution is -2.19. The van der Waals surface area contributed by atoms with Crippen LogP contribution in [-0.2, 0) is 14.3 Å². The summed E-state index contributed by atoms with van der Waals surface area (Å²) in [7, 11) is 0. The van der Waals surface area contributed by atoms with E-state index < -0.39 is 5.92 Å². The van der Waals surface area contributed by atoms with Crippen molar-refractivity contribution in [2.45, 2.75) is 32.6 Å². The molecule has 0 aromatic heterocycles. The SMILES string of the molecule is CCOC(=O)C(CC(=O)CC)c1ccccc1. The zero-order valence-corrected chi connectivity index (χ0v) is 10.3. The number of hydrogen-bond donors (Lipinski definition) is 0. The van der Waals surface area contributed by atoms with Crippen LogP contribution in [0.5, 0.6) is 0 Å². The number of ketones is 1. The van der Waals surface area contributed by atoms with Crippen molar-refractivity contribution in [2.24, 2.45) is 0 Å². The van der Waals surface area contributed by atoms with Crippen LogP contribution in [0, 0.1) is 0 Å². The molecule has 1 aromatic rings. The van der Waals surface area contributed by atoms with Crippen molar-refractivity contribution in [3.63, 3.8) is 0 Å². The molecule has 0 radical (unpaired) electrons. The maximum atomic E-state index is 11.8. The van der Waals surface area contributed by atoms with Gasteiger partial charge in [-0.2, -0.15) is 0 Å². The highest BCUT2D eigenvalue weighted by atomic mass is 16.5. The highest BCUT2D eigenvalue weighted by Crippen LogP contribution is 2.22. The van der Waals surface area contributed by atoms with Gasteiger partial charge in [0.1, 0.15) is 5.78 Å². The van der Waals surface area contributed by atoms with E-state index in [1.165, 1.54) is 0 Å². The van der Waals surface area contributed by atoms with E-state index in [4.69, 9.17) is 4.74 Å². The zero-order valence-electron chi connectivity index (χ0n) is 10.3. The molecule has 0 fully saturated rings. The average Bonchev–Trinajstić information content (AvgIpc) is 2.36. The lowest BCUT2D eigenvalue weighted by atomic mass is 9.93. The second-order valence-electron chi connectivity index (χ2n) is 3.81. The lowest BCUT2D eigenvalue weighted by molar-refractivity contribution is -0.146. The Morgan fingerprint density at radius 1 is 1.18 bits per heavy atom. The molecule has 17 heavy (non-hydrogen) atoms. The largest absolute Gasteiger partial charge is 0.466 e. The summed E-state index contributed by atoms with van der Waals surface area (Å²) in [5.41, 5.74) is 0.841. The second kappa shape index (κ2) is 6.84. The molecule has 0 aliphatic heterocycles. The van der Waals surface area contributed by atoms with Crippen molar-refractivity contribution in [3.8, 4) is 0 Å². The van der Waals surface area contributed by atoms with Crippen LogP contribution in [0.2, 0.25) is 0 Å². The third-order valence-corrected chi connectivity index (χ3v) is 2.60. The van der Waals surface area contributed by atoms with Crippen molar-refractivity contribution < 1.29 is 14.3 Å². The molecule has 1 unspecified atom stereocenters. The molecule has 0 bridgehead atoms. The van der Waals surface area contributed by atoms with Crippen LogP contribution in [0.1, 0.15) is 38.2 Å². The molecule has 3 heteroatoms. The first-order valence-corrected chi connectivity index (χ1v) is 5.92. The number of carbonyl (C=O) groups is 2. The average molecular weight is 234 g/mol. The molecule has 92 valence electrons. The molecule has 0 heterocycles. The van der Waals surface area contributed by atoms with E-state index in [1.54, 1.807) is 13.8 Å². The lowest BCUT2D eigenvalue weighted by Gasteiger charge is -2.14. The van der Waals surface area contributed by atoms with Crippen LogP contribution in [0.3, 0.4) is 0 Å². The number of ether oxygens (including phenoxy) is 1. The van der Waals surface area contributed by atoms with Crippen LogP contribution >= 0.6 is 0 Å². The molecule has 0 aliphatic carbocycles. The van der Waals surface area contributed by atoms with E-state index in [-0.39, 0.29) is 18.2 Å². The number of carbonyl (C=O) groups excluding carboxylic acids is 2. The van der Waals surface area contributed by atoms with Crippen molar-refractivity contribution >= 4 is 11.8 Å². The summed E-state index contributed by atoms with van der Waals surface area (Å²) in [6.45, 7) is 3.90. The van der Waals surface area contributed by atoms with Gasteiger partial charge < -0.3 is 4.74 Å². The fraction of sp³-hybridized carbons (Fsp3) is 0.429. The van der Waals surface area contributed by atoms with E-state index in [2.05, 4.69) is 0 Å². The normalized spacial score (nSPS) is 11.9. The van der Waals surface area contributed by atoms with Crippen molar-refractivity contribution in [2.75, 3.05) is 6.61 Å². The van der Waals surface area contributed by atoms with E-state index >= 15 is 0 Å². The monoisotopic (exact) mass is 234 g/mol. The fourth-order valence-corrected chi connectivity index (χ4v) is 1.64. The molecular weight excluding hydrogens is 216 g/mol. The molecule has 0 amide bonds. The molecule has 0 saturated heterocycles. The standard InChI is InChI=1S/C14H18O3/c1-3-12(15)10-13(14(16)17-4-2)11-8-6-5-7-9-11/h5-9,13H,3-4,10H2,1-2H3. The van der Waals surface area contributed by atoms with E-state index in [1.807, 2.05) is 30.3 Å². The molecule has 0 N–H and O–H groups in total. The first-order chi connectivity index (χ1) is 8.19. The Morgan fingerprint density at radius 3 is 2.35 bits per heavy atom. The van der Waals surface area contributed by atoms with Gasteiger partial charge >= 0.3 is 5.97 Å². The highest BCUT2D eigenvalue weighted by molar-refractivity contribution is 5.87. The van der Waals surface area contributed by atoms with Gasteiger partial charge in [0.25, 0.3) is 0 Å². The quantitative estimate of drug-likeness (QED) is 0.711. The summed E-state index contributed by atoms with van der Waals surface area (Å²) >= 11 is 0. The Bertz CT molecular complexity index is 370. The highest BCUT2D eigenvalue weighted by Gasteiger charge is 2.23. The second-order valence-corrected chi connectivity index (χ2v) is 3.81. The van der Waals surface area contributed by atoms with E-state index in [0.717, 1.165) is 5.56 Å². The van der Waals surface area contributed by atoms with Gasteiger partial charge in [0.05, 0.1) is 12.5 Å². The smallest absolute Gasteiger partial charge is 0.313 e. The van der Waals surface area contributed by atoms with Crippen molar-refractivity contribution in [3.05, 3.63) is 35.9 Å². The van der Waals surface area contributed by atoms with Crippen molar-refractivity contribution in [1.29, 1.82) is 0 Å². The Hall–Kier alpha value is -1.64. The van der Waals surface area contributed by atoms with E-state index in [0.29, 0.717) is 13.0 Å². The third kappa shape index (κ3) is 4.02. The van der Waals surface area contributed by atoms with Gasteiger partial charge in [-0.25, -0.2) is 0 Å². The maximum Gasteiger partial charge on any atom is 0.313 e.